The van der Waals surface area contributed by atoms with Crippen LogP contribution in [0, 0.1) is 0 Å². The zero-order chi connectivity index (χ0) is 24.5. The van der Waals surface area contributed by atoms with Crippen LogP contribution in [0.2, 0.25) is 10.0 Å². The minimum atomic E-state index is 0.273. The van der Waals surface area contributed by atoms with E-state index >= 15 is 0 Å². The first-order valence-electron chi connectivity index (χ1n) is 10.4. The van der Waals surface area contributed by atoms with Gasteiger partial charge in [0.2, 0.25) is 0 Å². The molecule has 0 aromatic heterocycles. The van der Waals surface area contributed by atoms with Crippen molar-refractivity contribution in [1.82, 2.24) is 5.43 Å². The Morgan fingerprint density at radius 3 is 2.44 bits per heavy atom. The van der Waals surface area contributed by atoms with Gasteiger partial charge in [-0.2, -0.15) is 5.10 Å². The van der Waals surface area contributed by atoms with Crippen molar-refractivity contribution in [2.75, 3.05) is 20.8 Å². The summed E-state index contributed by atoms with van der Waals surface area (Å²) in [4.78, 5) is 0. The van der Waals surface area contributed by atoms with E-state index in [-0.39, 0.29) is 6.61 Å². The Bertz CT molecular complexity index is 1160. The van der Waals surface area contributed by atoms with Crippen LogP contribution in [-0.2, 0) is 13.2 Å². The van der Waals surface area contributed by atoms with Gasteiger partial charge in [0.25, 0.3) is 0 Å². The van der Waals surface area contributed by atoms with Crippen molar-refractivity contribution in [3.63, 3.8) is 0 Å². The highest BCUT2D eigenvalue weighted by atomic mass is 79.9. The van der Waals surface area contributed by atoms with E-state index in [1.54, 1.807) is 32.6 Å². The molecule has 6 nitrogen and oxygen atoms in total. The number of methoxy groups -OCH3 is 2. The Hall–Kier alpha value is -2.61. The van der Waals surface area contributed by atoms with Gasteiger partial charge < -0.3 is 24.4 Å². The molecule has 0 heterocycles. The van der Waals surface area contributed by atoms with Crippen molar-refractivity contribution in [1.29, 1.82) is 0 Å². The second-order valence-electron chi connectivity index (χ2n) is 7.07. The SMILES string of the molecule is CCOc1cc(/C=N/NCc2ccc(OC)c(OC)c2)cc(Br)c1OCc1ccc(Cl)cc1Cl. The average Bonchev–Trinajstić information content (AvgIpc) is 2.82. The van der Waals surface area contributed by atoms with Gasteiger partial charge in [0.1, 0.15) is 6.61 Å². The van der Waals surface area contributed by atoms with Gasteiger partial charge >= 0.3 is 0 Å². The molecule has 0 bridgehead atoms. The Morgan fingerprint density at radius 1 is 0.941 bits per heavy atom. The van der Waals surface area contributed by atoms with E-state index in [0.717, 1.165) is 21.2 Å². The van der Waals surface area contributed by atoms with Crippen molar-refractivity contribution in [3.8, 4) is 23.0 Å². The molecule has 0 unspecified atom stereocenters. The topological polar surface area (TPSA) is 61.3 Å². The number of rotatable bonds is 11. The first-order valence-corrected chi connectivity index (χ1v) is 12.0. The number of ether oxygens (including phenoxy) is 4. The number of nitrogens with zero attached hydrogens (tertiary/aromatic N) is 1. The molecule has 3 aromatic carbocycles. The van der Waals surface area contributed by atoms with Crippen molar-refractivity contribution >= 4 is 45.3 Å². The normalized spacial score (nSPS) is 10.9. The first-order chi connectivity index (χ1) is 16.4. The minimum Gasteiger partial charge on any atom is -0.493 e. The predicted molar refractivity (Wildman–Crippen MR) is 140 cm³/mol. The molecular weight excluding hydrogens is 543 g/mol. The molecule has 0 saturated heterocycles. The van der Waals surface area contributed by atoms with Crippen molar-refractivity contribution in [2.45, 2.75) is 20.1 Å². The summed E-state index contributed by atoms with van der Waals surface area (Å²) in [7, 11) is 3.22. The fourth-order valence-electron chi connectivity index (χ4n) is 3.10. The van der Waals surface area contributed by atoms with E-state index in [0.29, 0.717) is 46.2 Å². The van der Waals surface area contributed by atoms with Crippen LogP contribution in [0.15, 0.2) is 58.1 Å². The predicted octanol–water partition coefficient (Wildman–Crippen LogP) is 6.87. The molecule has 9 heteroatoms. The molecule has 0 atom stereocenters. The van der Waals surface area contributed by atoms with Crippen molar-refractivity contribution in [3.05, 3.63) is 79.7 Å². The summed E-state index contributed by atoms with van der Waals surface area (Å²) in [6.45, 7) is 3.20. The van der Waals surface area contributed by atoms with E-state index in [9.17, 15) is 0 Å². The summed E-state index contributed by atoms with van der Waals surface area (Å²) < 4.78 is 23.2. The molecule has 0 saturated carbocycles. The minimum absolute atomic E-state index is 0.273. The molecule has 0 amide bonds. The van der Waals surface area contributed by atoms with Crippen LogP contribution in [0.25, 0.3) is 0 Å². The maximum atomic E-state index is 6.26. The number of halogens is 3. The molecule has 3 aromatic rings. The standard InChI is InChI=1S/C25H25BrCl2N2O4/c1-4-33-24-11-17(14-30-29-13-16-5-8-22(31-2)23(10-16)32-3)9-20(26)25(24)34-15-18-6-7-19(27)12-21(18)28/h5-12,14,29H,4,13,15H2,1-3H3/b30-14+. The highest BCUT2D eigenvalue weighted by Gasteiger charge is 2.13. The molecule has 0 spiro atoms. The lowest BCUT2D eigenvalue weighted by Crippen LogP contribution is -2.06. The van der Waals surface area contributed by atoms with E-state index in [4.69, 9.17) is 42.1 Å². The molecule has 3 rings (SSSR count). The molecule has 0 aliphatic carbocycles. The number of hydrogen-bond acceptors (Lipinski definition) is 6. The summed E-state index contributed by atoms with van der Waals surface area (Å²) in [5.74, 6) is 2.54. The van der Waals surface area contributed by atoms with Gasteiger partial charge in [-0.15, -0.1) is 0 Å². The van der Waals surface area contributed by atoms with Gasteiger partial charge in [-0.05, 0) is 70.4 Å². The van der Waals surface area contributed by atoms with Gasteiger partial charge in [-0.1, -0.05) is 35.3 Å². The van der Waals surface area contributed by atoms with Crippen LogP contribution >= 0.6 is 39.1 Å². The summed E-state index contributed by atoms with van der Waals surface area (Å²) in [5.41, 5.74) is 5.72. The van der Waals surface area contributed by atoms with Gasteiger partial charge in [0.15, 0.2) is 23.0 Å². The van der Waals surface area contributed by atoms with Gasteiger partial charge in [0.05, 0.1) is 38.1 Å². The smallest absolute Gasteiger partial charge is 0.175 e. The third kappa shape index (κ3) is 6.95. The number of benzene rings is 3. The quantitative estimate of drug-likeness (QED) is 0.202. The Kier molecular flexibility index (Phi) is 9.74. The second kappa shape index (κ2) is 12.7. The number of hydrazone groups is 1. The third-order valence-corrected chi connectivity index (χ3v) is 5.93. The number of nitrogens with one attached hydrogen (secondary N) is 1. The molecule has 0 aliphatic rings. The summed E-state index contributed by atoms with van der Waals surface area (Å²) >= 11 is 15.8. The zero-order valence-electron chi connectivity index (χ0n) is 19.0. The molecule has 0 radical (unpaired) electrons. The fraction of sp³-hybridized carbons (Fsp3) is 0.240. The second-order valence-corrected chi connectivity index (χ2v) is 8.77. The molecule has 1 N–H and O–H groups in total. The van der Waals surface area contributed by atoms with E-state index in [1.807, 2.05) is 43.3 Å². The van der Waals surface area contributed by atoms with Crippen LogP contribution < -0.4 is 24.4 Å². The van der Waals surface area contributed by atoms with Gasteiger partial charge in [-0.3, -0.25) is 0 Å². The molecule has 0 fully saturated rings. The van der Waals surface area contributed by atoms with E-state index in [1.165, 1.54) is 0 Å². The van der Waals surface area contributed by atoms with Crippen LogP contribution in [0.3, 0.4) is 0 Å². The van der Waals surface area contributed by atoms with E-state index < -0.39 is 0 Å². The van der Waals surface area contributed by atoms with E-state index in [2.05, 4.69) is 26.5 Å². The zero-order valence-corrected chi connectivity index (χ0v) is 22.1. The Morgan fingerprint density at radius 2 is 1.74 bits per heavy atom. The van der Waals surface area contributed by atoms with Gasteiger partial charge in [-0.25, -0.2) is 0 Å². The third-order valence-electron chi connectivity index (χ3n) is 4.75. The van der Waals surface area contributed by atoms with Crippen LogP contribution in [0.1, 0.15) is 23.6 Å². The van der Waals surface area contributed by atoms with Crippen molar-refractivity contribution < 1.29 is 18.9 Å². The van der Waals surface area contributed by atoms with Crippen LogP contribution in [0.4, 0.5) is 0 Å². The lowest BCUT2D eigenvalue weighted by Gasteiger charge is -2.15. The molecular formula is C25H25BrCl2N2O4. The maximum Gasteiger partial charge on any atom is 0.175 e. The number of hydrogen-bond donors (Lipinski definition) is 1. The van der Waals surface area contributed by atoms with Crippen LogP contribution in [0.5, 0.6) is 23.0 Å². The maximum absolute atomic E-state index is 6.26. The lowest BCUT2D eigenvalue weighted by molar-refractivity contribution is 0.267. The molecule has 34 heavy (non-hydrogen) atoms. The summed E-state index contributed by atoms with van der Waals surface area (Å²) in [6, 6.07) is 14.8. The summed E-state index contributed by atoms with van der Waals surface area (Å²) in [5, 5.41) is 5.45. The van der Waals surface area contributed by atoms with Crippen molar-refractivity contribution in [2.24, 2.45) is 5.10 Å². The Balaban J connectivity index is 1.68. The van der Waals surface area contributed by atoms with Gasteiger partial charge in [0, 0.05) is 15.6 Å². The first kappa shape index (κ1) is 26.0. The monoisotopic (exact) mass is 566 g/mol. The average molecular weight is 568 g/mol. The van der Waals surface area contributed by atoms with Crippen LogP contribution in [-0.4, -0.2) is 27.0 Å². The highest BCUT2D eigenvalue weighted by molar-refractivity contribution is 9.10. The Labute approximate surface area is 217 Å². The lowest BCUT2D eigenvalue weighted by atomic mass is 10.2. The summed E-state index contributed by atoms with van der Waals surface area (Å²) in [6.07, 6.45) is 1.72. The largest absolute Gasteiger partial charge is 0.493 e. The molecule has 180 valence electrons. The highest BCUT2D eigenvalue weighted by Crippen LogP contribution is 2.37. The fourth-order valence-corrected chi connectivity index (χ4v) is 4.14. The molecule has 0 aliphatic heterocycles.